The Balaban J connectivity index is 2.15. The second-order valence-electron chi connectivity index (χ2n) is 4.73. The van der Waals surface area contributed by atoms with Gasteiger partial charge < -0.3 is 5.32 Å². The van der Waals surface area contributed by atoms with Crippen LogP contribution in [0.15, 0.2) is 47.2 Å². The van der Waals surface area contributed by atoms with Crippen molar-refractivity contribution in [3.05, 3.63) is 58.3 Å². The van der Waals surface area contributed by atoms with Crippen molar-refractivity contribution in [2.45, 2.75) is 31.6 Å². The Morgan fingerprint density at radius 1 is 1.10 bits per heavy atom. The van der Waals surface area contributed by atoms with Crippen molar-refractivity contribution in [2.24, 2.45) is 0 Å². The number of hydrogen-bond donors (Lipinski definition) is 1. The van der Waals surface area contributed by atoms with E-state index in [9.17, 15) is 13.2 Å². The third kappa shape index (κ3) is 4.35. The Bertz CT molecular complexity index is 508. The summed E-state index contributed by atoms with van der Waals surface area (Å²) in [6, 6.07) is 9.85. The summed E-state index contributed by atoms with van der Waals surface area (Å²) >= 11 is 1.54. The first-order valence-corrected chi connectivity index (χ1v) is 7.30. The summed E-state index contributed by atoms with van der Waals surface area (Å²) in [5.74, 6) is 0. The fourth-order valence-electron chi connectivity index (χ4n) is 2.11. The summed E-state index contributed by atoms with van der Waals surface area (Å²) in [7, 11) is 0. The Kier molecular flexibility index (Phi) is 4.83. The Morgan fingerprint density at radius 2 is 1.80 bits per heavy atom. The zero-order chi connectivity index (χ0) is 14.6. The fraction of sp³-hybridized carbons (Fsp3) is 0.333. The molecule has 0 radical (unpaired) electrons. The first kappa shape index (κ1) is 15.1. The van der Waals surface area contributed by atoms with Crippen molar-refractivity contribution in [3.63, 3.8) is 0 Å². The Morgan fingerprint density at radius 3 is 2.35 bits per heavy atom. The average Bonchev–Trinajstić information content (AvgIpc) is 2.91. The van der Waals surface area contributed by atoms with Gasteiger partial charge in [-0.2, -0.15) is 24.5 Å². The van der Waals surface area contributed by atoms with Crippen LogP contribution in [0, 0.1) is 0 Å². The van der Waals surface area contributed by atoms with Gasteiger partial charge in [-0.3, -0.25) is 0 Å². The molecule has 2 rings (SSSR count). The molecule has 0 saturated heterocycles. The molecule has 1 heterocycles. The van der Waals surface area contributed by atoms with Gasteiger partial charge >= 0.3 is 6.18 Å². The van der Waals surface area contributed by atoms with Crippen molar-refractivity contribution >= 4 is 11.3 Å². The lowest BCUT2D eigenvalue weighted by Gasteiger charge is -2.24. The molecule has 5 heteroatoms. The van der Waals surface area contributed by atoms with Crippen LogP contribution < -0.4 is 5.32 Å². The summed E-state index contributed by atoms with van der Waals surface area (Å²) in [6.07, 6.45) is -5.06. The minimum atomic E-state index is -4.19. The van der Waals surface area contributed by atoms with Crippen LogP contribution in [0.5, 0.6) is 0 Å². The smallest absolute Gasteiger partial charge is 0.303 e. The van der Waals surface area contributed by atoms with Crippen LogP contribution in [0.25, 0.3) is 0 Å². The molecule has 2 unspecified atom stereocenters. The molecule has 2 aromatic rings. The van der Waals surface area contributed by atoms with Crippen LogP contribution in [0.3, 0.4) is 0 Å². The highest BCUT2D eigenvalue weighted by Gasteiger charge is 2.33. The molecule has 1 aromatic heterocycles. The van der Waals surface area contributed by atoms with E-state index in [1.165, 1.54) is 0 Å². The number of halogens is 3. The van der Waals surface area contributed by atoms with Gasteiger partial charge in [-0.1, -0.05) is 30.3 Å². The molecule has 108 valence electrons. The van der Waals surface area contributed by atoms with Crippen LogP contribution in [0.4, 0.5) is 13.2 Å². The first-order chi connectivity index (χ1) is 9.46. The van der Waals surface area contributed by atoms with Gasteiger partial charge in [0.05, 0.1) is 6.42 Å². The lowest BCUT2D eigenvalue weighted by molar-refractivity contribution is -0.140. The zero-order valence-corrected chi connectivity index (χ0v) is 11.8. The number of nitrogens with one attached hydrogen (secondary N) is 1. The number of rotatable bonds is 5. The number of alkyl halides is 3. The third-order valence-electron chi connectivity index (χ3n) is 3.13. The van der Waals surface area contributed by atoms with Crippen LogP contribution in [-0.4, -0.2) is 6.18 Å². The molecular formula is C15H16F3NS. The lowest BCUT2D eigenvalue weighted by Crippen LogP contribution is -2.28. The van der Waals surface area contributed by atoms with E-state index in [-0.39, 0.29) is 6.04 Å². The number of hydrogen-bond acceptors (Lipinski definition) is 2. The standard InChI is InChI=1S/C15H16F3NS/c1-11(13-7-8-20-10-13)19-14(9-15(16,17)18)12-5-3-2-4-6-12/h2-8,10-11,14,19H,9H2,1H3. The first-order valence-electron chi connectivity index (χ1n) is 6.35. The molecule has 0 aliphatic carbocycles. The second-order valence-corrected chi connectivity index (χ2v) is 5.51. The second kappa shape index (κ2) is 6.41. The van der Waals surface area contributed by atoms with Gasteiger partial charge in [0.15, 0.2) is 0 Å². The molecule has 0 saturated carbocycles. The van der Waals surface area contributed by atoms with Gasteiger partial charge in [0.2, 0.25) is 0 Å². The SMILES string of the molecule is CC(NC(CC(F)(F)F)c1ccccc1)c1ccsc1. The van der Waals surface area contributed by atoms with Gasteiger partial charge in [-0.25, -0.2) is 0 Å². The highest BCUT2D eigenvalue weighted by Crippen LogP contribution is 2.31. The number of thiophene rings is 1. The molecule has 0 aliphatic rings. The summed E-state index contributed by atoms with van der Waals surface area (Å²) in [5.41, 5.74) is 1.67. The monoisotopic (exact) mass is 299 g/mol. The van der Waals surface area contributed by atoms with E-state index < -0.39 is 18.6 Å². The normalized spacial score (nSPS) is 15.0. The molecule has 20 heavy (non-hydrogen) atoms. The predicted molar refractivity (Wildman–Crippen MR) is 75.7 cm³/mol. The molecule has 0 spiro atoms. The van der Waals surface area contributed by atoms with Crippen LogP contribution in [0.1, 0.15) is 36.6 Å². The molecule has 0 bridgehead atoms. The van der Waals surface area contributed by atoms with E-state index in [4.69, 9.17) is 0 Å². The van der Waals surface area contributed by atoms with Gasteiger partial charge in [0.1, 0.15) is 0 Å². The predicted octanol–water partition coefficient (Wildman–Crippen LogP) is 5.09. The average molecular weight is 299 g/mol. The highest BCUT2D eigenvalue weighted by atomic mass is 32.1. The van der Waals surface area contributed by atoms with E-state index in [0.717, 1.165) is 5.56 Å². The van der Waals surface area contributed by atoms with Gasteiger partial charge in [-0.15, -0.1) is 0 Å². The fourth-order valence-corrected chi connectivity index (χ4v) is 2.86. The highest BCUT2D eigenvalue weighted by molar-refractivity contribution is 7.07. The van der Waals surface area contributed by atoms with Crippen molar-refractivity contribution in [3.8, 4) is 0 Å². The zero-order valence-electron chi connectivity index (χ0n) is 11.0. The molecule has 1 N–H and O–H groups in total. The van der Waals surface area contributed by atoms with Gasteiger partial charge in [0.25, 0.3) is 0 Å². The molecule has 0 aliphatic heterocycles. The molecular weight excluding hydrogens is 283 g/mol. The molecule has 2 atom stereocenters. The molecule has 0 fully saturated rings. The largest absolute Gasteiger partial charge is 0.390 e. The topological polar surface area (TPSA) is 12.0 Å². The van der Waals surface area contributed by atoms with E-state index in [2.05, 4.69) is 5.32 Å². The maximum Gasteiger partial charge on any atom is 0.390 e. The van der Waals surface area contributed by atoms with Crippen molar-refractivity contribution in [1.29, 1.82) is 0 Å². The quantitative estimate of drug-likeness (QED) is 0.810. The molecule has 1 nitrogen and oxygen atoms in total. The maximum atomic E-state index is 12.7. The van der Waals surface area contributed by atoms with Crippen molar-refractivity contribution in [1.82, 2.24) is 5.32 Å². The maximum absolute atomic E-state index is 12.7. The number of benzene rings is 1. The summed E-state index contributed by atoms with van der Waals surface area (Å²) < 4.78 is 38.2. The van der Waals surface area contributed by atoms with E-state index in [1.54, 1.807) is 41.7 Å². The minimum absolute atomic E-state index is 0.117. The van der Waals surface area contributed by atoms with Crippen molar-refractivity contribution in [2.75, 3.05) is 0 Å². The molecule has 1 aromatic carbocycles. The Hall–Kier alpha value is -1.33. The summed E-state index contributed by atoms with van der Waals surface area (Å²) in [4.78, 5) is 0. The summed E-state index contributed by atoms with van der Waals surface area (Å²) in [5, 5.41) is 6.96. The summed E-state index contributed by atoms with van der Waals surface area (Å²) in [6.45, 7) is 1.88. The van der Waals surface area contributed by atoms with Crippen molar-refractivity contribution < 1.29 is 13.2 Å². The van der Waals surface area contributed by atoms with E-state index >= 15 is 0 Å². The van der Waals surface area contributed by atoms with E-state index in [1.807, 2.05) is 23.8 Å². The van der Waals surface area contributed by atoms with Crippen LogP contribution in [0.2, 0.25) is 0 Å². The lowest BCUT2D eigenvalue weighted by atomic mass is 10.0. The third-order valence-corrected chi connectivity index (χ3v) is 3.83. The Labute approximate surface area is 120 Å². The van der Waals surface area contributed by atoms with E-state index in [0.29, 0.717) is 5.56 Å². The van der Waals surface area contributed by atoms with Crippen LogP contribution >= 0.6 is 11.3 Å². The minimum Gasteiger partial charge on any atom is -0.303 e. The molecule has 0 amide bonds. The van der Waals surface area contributed by atoms with Gasteiger partial charge in [-0.05, 0) is 34.9 Å². The van der Waals surface area contributed by atoms with Gasteiger partial charge in [0, 0.05) is 12.1 Å². The van der Waals surface area contributed by atoms with Crippen LogP contribution in [-0.2, 0) is 0 Å².